The third-order valence-corrected chi connectivity index (χ3v) is 3.22. The van der Waals surface area contributed by atoms with E-state index in [2.05, 4.69) is 16.8 Å². The maximum absolute atomic E-state index is 11.8. The molecule has 3 nitrogen and oxygen atoms in total. The van der Waals surface area contributed by atoms with Crippen LogP contribution in [0.15, 0.2) is 41.1 Å². The molecule has 0 aliphatic carbocycles. The molecule has 0 bridgehead atoms. The SMILES string of the molecule is Nc1ccccc1C(=O)NCCc1ccsc1. The van der Waals surface area contributed by atoms with Gasteiger partial charge in [0.1, 0.15) is 0 Å². The Balaban J connectivity index is 1.88. The van der Waals surface area contributed by atoms with Crippen LogP contribution in [0.5, 0.6) is 0 Å². The number of amides is 1. The summed E-state index contributed by atoms with van der Waals surface area (Å²) in [6.45, 7) is 0.629. The van der Waals surface area contributed by atoms with E-state index in [0.717, 1.165) is 6.42 Å². The molecular formula is C13H14N2OS. The Morgan fingerprint density at radius 1 is 1.29 bits per heavy atom. The number of hydrogen-bond donors (Lipinski definition) is 2. The lowest BCUT2D eigenvalue weighted by Crippen LogP contribution is -2.26. The first kappa shape index (κ1) is 11.7. The van der Waals surface area contributed by atoms with Gasteiger partial charge in [0, 0.05) is 12.2 Å². The van der Waals surface area contributed by atoms with Crippen molar-refractivity contribution in [1.82, 2.24) is 5.32 Å². The molecule has 4 heteroatoms. The van der Waals surface area contributed by atoms with Gasteiger partial charge in [0.15, 0.2) is 0 Å². The highest BCUT2D eigenvalue weighted by Crippen LogP contribution is 2.10. The summed E-state index contributed by atoms with van der Waals surface area (Å²) in [6, 6.07) is 9.15. The molecule has 0 atom stereocenters. The first-order valence-corrected chi connectivity index (χ1v) is 6.35. The first-order chi connectivity index (χ1) is 8.27. The van der Waals surface area contributed by atoms with Gasteiger partial charge < -0.3 is 11.1 Å². The Kier molecular flexibility index (Phi) is 3.77. The number of nitrogen functional groups attached to an aromatic ring is 1. The van der Waals surface area contributed by atoms with Crippen molar-refractivity contribution in [2.75, 3.05) is 12.3 Å². The van der Waals surface area contributed by atoms with Crippen LogP contribution >= 0.6 is 11.3 Å². The normalized spacial score (nSPS) is 10.1. The van der Waals surface area contributed by atoms with E-state index in [9.17, 15) is 4.79 Å². The third kappa shape index (κ3) is 3.07. The summed E-state index contributed by atoms with van der Waals surface area (Å²) in [7, 11) is 0. The number of para-hydroxylation sites is 1. The van der Waals surface area contributed by atoms with E-state index in [0.29, 0.717) is 17.8 Å². The summed E-state index contributed by atoms with van der Waals surface area (Å²) in [5.41, 5.74) is 8.03. The van der Waals surface area contributed by atoms with Crippen LogP contribution in [0.2, 0.25) is 0 Å². The monoisotopic (exact) mass is 246 g/mol. The van der Waals surface area contributed by atoms with Crippen LogP contribution in [0.4, 0.5) is 5.69 Å². The predicted molar refractivity (Wildman–Crippen MR) is 71.2 cm³/mol. The van der Waals surface area contributed by atoms with Crippen LogP contribution in [-0.2, 0) is 6.42 Å². The Morgan fingerprint density at radius 3 is 2.82 bits per heavy atom. The molecular weight excluding hydrogens is 232 g/mol. The molecule has 0 aliphatic rings. The molecule has 0 spiro atoms. The molecule has 0 saturated heterocycles. The molecule has 3 N–H and O–H groups in total. The number of nitrogens with two attached hydrogens (primary N) is 1. The molecule has 1 heterocycles. The zero-order valence-electron chi connectivity index (χ0n) is 9.35. The average Bonchev–Trinajstić information content (AvgIpc) is 2.82. The van der Waals surface area contributed by atoms with Gasteiger partial charge in [-0.05, 0) is 40.9 Å². The van der Waals surface area contributed by atoms with E-state index in [4.69, 9.17) is 5.73 Å². The third-order valence-electron chi connectivity index (χ3n) is 2.48. The number of carbonyl (C=O) groups is 1. The van der Waals surface area contributed by atoms with Gasteiger partial charge >= 0.3 is 0 Å². The highest BCUT2D eigenvalue weighted by atomic mass is 32.1. The number of nitrogens with one attached hydrogen (secondary N) is 1. The smallest absolute Gasteiger partial charge is 0.253 e. The second kappa shape index (κ2) is 5.50. The van der Waals surface area contributed by atoms with E-state index in [1.807, 2.05) is 17.5 Å². The highest BCUT2D eigenvalue weighted by molar-refractivity contribution is 7.07. The van der Waals surface area contributed by atoms with Crippen molar-refractivity contribution >= 4 is 22.9 Å². The molecule has 0 saturated carbocycles. The van der Waals surface area contributed by atoms with Gasteiger partial charge in [-0.1, -0.05) is 12.1 Å². The van der Waals surface area contributed by atoms with Gasteiger partial charge in [0.25, 0.3) is 5.91 Å². The van der Waals surface area contributed by atoms with Crippen LogP contribution in [0, 0.1) is 0 Å². The summed E-state index contributed by atoms with van der Waals surface area (Å²) >= 11 is 1.66. The van der Waals surface area contributed by atoms with E-state index >= 15 is 0 Å². The van der Waals surface area contributed by atoms with Gasteiger partial charge in [-0.3, -0.25) is 4.79 Å². The fraction of sp³-hybridized carbons (Fsp3) is 0.154. The van der Waals surface area contributed by atoms with Gasteiger partial charge in [-0.25, -0.2) is 0 Å². The van der Waals surface area contributed by atoms with E-state index in [1.165, 1.54) is 5.56 Å². The van der Waals surface area contributed by atoms with Gasteiger partial charge in [-0.2, -0.15) is 11.3 Å². The number of anilines is 1. The Bertz CT molecular complexity index is 494. The minimum Gasteiger partial charge on any atom is -0.398 e. The molecule has 0 aliphatic heterocycles. The Morgan fingerprint density at radius 2 is 2.12 bits per heavy atom. The summed E-state index contributed by atoms with van der Waals surface area (Å²) in [5.74, 6) is -0.113. The zero-order valence-corrected chi connectivity index (χ0v) is 10.2. The molecule has 88 valence electrons. The van der Waals surface area contributed by atoms with Crippen LogP contribution in [0.1, 0.15) is 15.9 Å². The van der Waals surface area contributed by atoms with Crippen LogP contribution in [0.3, 0.4) is 0 Å². The number of thiophene rings is 1. The van der Waals surface area contributed by atoms with Crippen molar-refractivity contribution in [2.45, 2.75) is 6.42 Å². The van der Waals surface area contributed by atoms with Crippen molar-refractivity contribution in [3.8, 4) is 0 Å². The second-order valence-electron chi connectivity index (χ2n) is 3.72. The number of benzene rings is 1. The van der Waals surface area contributed by atoms with Gasteiger partial charge in [0.05, 0.1) is 5.56 Å². The highest BCUT2D eigenvalue weighted by Gasteiger charge is 2.07. The average molecular weight is 246 g/mol. The summed E-state index contributed by atoms with van der Waals surface area (Å²) in [6.07, 6.45) is 0.849. The lowest BCUT2D eigenvalue weighted by molar-refractivity contribution is 0.0955. The van der Waals surface area contributed by atoms with E-state index in [-0.39, 0.29) is 5.91 Å². The molecule has 0 unspecified atom stereocenters. The minimum absolute atomic E-state index is 0.113. The fourth-order valence-corrected chi connectivity index (χ4v) is 2.26. The van der Waals surface area contributed by atoms with Gasteiger partial charge in [-0.15, -0.1) is 0 Å². The minimum atomic E-state index is -0.113. The molecule has 1 amide bonds. The van der Waals surface area contributed by atoms with Crippen molar-refractivity contribution < 1.29 is 4.79 Å². The molecule has 2 aromatic rings. The van der Waals surface area contributed by atoms with Gasteiger partial charge in [0.2, 0.25) is 0 Å². The standard InChI is InChI=1S/C13H14N2OS/c14-12-4-2-1-3-11(12)13(16)15-7-5-10-6-8-17-9-10/h1-4,6,8-9H,5,7,14H2,(H,15,16). The summed E-state index contributed by atoms with van der Waals surface area (Å²) in [4.78, 5) is 11.8. The van der Waals surface area contributed by atoms with Crippen molar-refractivity contribution in [1.29, 1.82) is 0 Å². The molecule has 1 aromatic heterocycles. The molecule has 2 rings (SSSR count). The van der Waals surface area contributed by atoms with Crippen LogP contribution in [0.25, 0.3) is 0 Å². The zero-order chi connectivity index (χ0) is 12.1. The van der Waals surface area contributed by atoms with Crippen molar-refractivity contribution in [3.63, 3.8) is 0 Å². The van der Waals surface area contributed by atoms with Crippen molar-refractivity contribution in [2.24, 2.45) is 0 Å². The predicted octanol–water partition coefficient (Wildman–Crippen LogP) is 2.30. The maximum Gasteiger partial charge on any atom is 0.253 e. The van der Waals surface area contributed by atoms with Crippen molar-refractivity contribution in [3.05, 3.63) is 52.2 Å². The Hall–Kier alpha value is -1.81. The number of carbonyl (C=O) groups excluding carboxylic acids is 1. The first-order valence-electron chi connectivity index (χ1n) is 5.41. The van der Waals surface area contributed by atoms with E-state index < -0.39 is 0 Å². The van der Waals surface area contributed by atoms with Crippen LogP contribution in [-0.4, -0.2) is 12.5 Å². The topological polar surface area (TPSA) is 55.1 Å². The lowest BCUT2D eigenvalue weighted by atomic mass is 10.1. The maximum atomic E-state index is 11.8. The molecule has 1 aromatic carbocycles. The quantitative estimate of drug-likeness (QED) is 0.813. The largest absolute Gasteiger partial charge is 0.398 e. The number of rotatable bonds is 4. The Labute approximate surface area is 104 Å². The molecule has 0 fully saturated rings. The summed E-state index contributed by atoms with van der Waals surface area (Å²) in [5, 5.41) is 6.98. The van der Waals surface area contributed by atoms with Crippen LogP contribution < -0.4 is 11.1 Å². The summed E-state index contributed by atoms with van der Waals surface area (Å²) < 4.78 is 0. The fourth-order valence-electron chi connectivity index (χ4n) is 1.55. The second-order valence-corrected chi connectivity index (χ2v) is 4.50. The molecule has 17 heavy (non-hydrogen) atoms. The lowest BCUT2D eigenvalue weighted by Gasteiger charge is -2.06. The van der Waals surface area contributed by atoms with E-state index in [1.54, 1.807) is 23.5 Å². The molecule has 0 radical (unpaired) electrons. The number of hydrogen-bond acceptors (Lipinski definition) is 3.